The molecule has 4 aliphatic carbocycles. The monoisotopic (exact) mass is 762 g/mol. The summed E-state index contributed by atoms with van der Waals surface area (Å²) in [4.78, 5) is 41.1. The highest BCUT2D eigenvalue weighted by atomic mass is 16.7. The first-order valence-corrected chi connectivity index (χ1v) is 20.8. The summed E-state index contributed by atoms with van der Waals surface area (Å²) in [6, 6.07) is 25.9. The van der Waals surface area contributed by atoms with Gasteiger partial charge in [-0.3, -0.25) is 0 Å². The lowest BCUT2D eigenvalue weighted by molar-refractivity contribution is -0.308. The zero-order valence-corrected chi connectivity index (χ0v) is 32.7. The Labute approximate surface area is 329 Å². The second kappa shape index (κ2) is 14.7. The normalized spacial score (nSPS) is 39.7. The minimum atomic E-state index is -1.24. The Hall–Kier alpha value is -4.05. The molecule has 0 aromatic heterocycles. The number of esters is 3. The van der Waals surface area contributed by atoms with Crippen molar-refractivity contribution in [3.05, 3.63) is 108 Å². The average molecular weight is 763 g/mol. The lowest BCUT2D eigenvalue weighted by Gasteiger charge is -2.63. The second-order valence-electron chi connectivity index (χ2n) is 17.8. The summed E-state index contributed by atoms with van der Waals surface area (Å²) < 4.78 is 38.9. The molecule has 3 aromatic carbocycles. The fraction of sp³-hybridized carbons (Fsp3) is 0.553. The Kier molecular flexibility index (Phi) is 9.86. The van der Waals surface area contributed by atoms with Crippen LogP contribution < -0.4 is 0 Å². The number of carbonyl (C=O) groups is 3. The van der Waals surface area contributed by atoms with Gasteiger partial charge in [0.1, 0.15) is 0 Å². The van der Waals surface area contributed by atoms with Gasteiger partial charge in [-0.05, 0) is 130 Å². The van der Waals surface area contributed by atoms with Crippen molar-refractivity contribution in [2.24, 2.45) is 34.5 Å². The molecule has 0 amide bonds. The van der Waals surface area contributed by atoms with Crippen LogP contribution >= 0.6 is 0 Å². The van der Waals surface area contributed by atoms with Crippen molar-refractivity contribution in [3.8, 4) is 0 Å². The zero-order chi connectivity index (χ0) is 38.7. The van der Waals surface area contributed by atoms with Crippen LogP contribution in [0.1, 0.15) is 110 Å². The Bertz CT molecular complexity index is 1890. The minimum absolute atomic E-state index is 0.0382. The van der Waals surface area contributed by atoms with E-state index in [0.29, 0.717) is 45.8 Å². The molecule has 2 saturated heterocycles. The predicted octanol–water partition coefficient (Wildman–Crippen LogP) is 8.60. The van der Waals surface area contributed by atoms with E-state index in [1.54, 1.807) is 79.7 Å². The molecule has 6 fully saturated rings. The van der Waals surface area contributed by atoms with Crippen LogP contribution in [0.4, 0.5) is 0 Å². The van der Waals surface area contributed by atoms with Gasteiger partial charge in [-0.15, -0.1) is 0 Å². The van der Waals surface area contributed by atoms with Crippen molar-refractivity contribution < 1.29 is 42.8 Å². The molecule has 0 radical (unpaired) electrons. The van der Waals surface area contributed by atoms with Gasteiger partial charge in [-0.25, -0.2) is 14.4 Å². The van der Waals surface area contributed by atoms with Gasteiger partial charge >= 0.3 is 17.9 Å². The van der Waals surface area contributed by atoms with E-state index in [1.807, 2.05) is 18.2 Å². The third kappa shape index (κ3) is 6.29. The van der Waals surface area contributed by atoms with Crippen LogP contribution in [0.15, 0.2) is 91.0 Å². The molecular formula is C47H54O9. The molecule has 2 aliphatic heterocycles. The van der Waals surface area contributed by atoms with E-state index < -0.39 is 48.6 Å². The summed E-state index contributed by atoms with van der Waals surface area (Å²) in [6.45, 7) is 7.75. The molecule has 296 valence electrons. The SMILES string of the molecule is C[C@@H]1O[C@@H](O[C@H]2CC[C@@]3(C)[C@H](CC[C@@H]4[C@@H]3CC[C@]3(C)[C@@H]5CC[C@]43OC5)C2)[C@H](OC(=O)c2ccccc2)[C@H](OC(=O)c2ccccc2)[C@H]1OC(=O)c1ccccc1. The van der Waals surface area contributed by atoms with Crippen LogP contribution in [0.25, 0.3) is 0 Å². The van der Waals surface area contributed by atoms with Crippen molar-refractivity contribution in [1.29, 1.82) is 0 Å². The van der Waals surface area contributed by atoms with E-state index >= 15 is 0 Å². The first-order chi connectivity index (χ1) is 27.1. The molecule has 6 aliphatic rings. The molecule has 2 heterocycles. The summed E-state index contributed by atoms with van der Waals surface area (Å²) >= 11 is 0. The molecule has 9 rings (SSSR count). The van der Waals surface area contributed by atoms with Crippen LogP contribution in [0, 0.1) is 34.5 Å². The summed E-state index contributed by atoms with van der Waals surface area (Å²) in [6.07, 6.45) is 4.45. The Balaban J connectivity index is 0.988. The highest BCUT2D eigenvalue weighted by molar-refractivity contribution is 5.91. The third-order valence-electron chi connectivity index (χ3n) is 15.3. The van der Waals surface area contributed by atoms with Crippen LogP contribution in [0.2, 0.25) is 0 Å². The number of rotatable bonds is 8. The first-order valence-electron chi connectivity index (χ1n) is 20.8. The van der Waals surface area contributed by atoms with Crippen molar-refractivity contribution in [1.82, 2.24) is 0 Å². The van der Waals surface area contributed by atoms with E-state index in [1.165, 1.54) is 32.1 Å². The summed E-state index contributed by atoms with van der Waals surface area (Å²) in [5.41, 5.74) is 1.50. The van der Waals surface area contributed by atoms with Gasteiger partial charge in [0.25, 0.3) is 0 Å². The largest absolute Gasteiger partial charge is 0.452 e. The van der Waals surface area contributed by atoms with Crippen molar-refractivity contribution in [2.45, 2.75) is 121 Å². The molecule has 9 nitrogen and oxygen atoms in total. The van der Waals surface area contributed by atoms with Gasteiger partial charge in [-0.1, -0.05) is 68.4 Å². The maximum absolute atomic E-state index is 13.8. The van der Waals surface area contributed by atoms with Gasteiger partial charge in [0.15, 0.2) is 24.6 Å². The molecule has 0 unspecified atom stereocenters. The third-order valence-corrected chi connectivity index (χ3v) is 15.3. The average Bonchev–Trinajstić information content (AvgIpc) is 3.69. The van der Waals surface area contributed by atoms with Crippen LogP contribution in [-0.2, 0) is 28.4 Å². The summed E-state index contributed by atoms with van der Waals surface area (Å²) in [5, 5.41) is 0. The van der Waals surface area contributed by atoms with Gasteiger partial charge in [0.05, 0.1) is 41.1 Å². The fourth-order valence-electron chi connectivity index (χ4n) is 12.2. The number of fused-ring (bicyclic) bond motifs is 3. The molecule has 0 spiro atoms. The lowest BCUT2D eigenvalue weighted by atomic mass is 9.44. The van der Waals surface area contributed by atoms with Gasteiger partial charge in [-0.2, -0.15) is 0 Å². The highest BCUT2D eigenvalue weighted by Gasteiger charge is 2.71. The molecular weight excluding hydrogens is 709 g/mol. The number of hydrogen-bond donors (Lipinski definition) is 0. The number of ether oxygens (including phenoxy) is 6. The van der Waals surface area contributed by atoms with Gasteiger partial charge in [0.2, 0.25) is 0 Å². The van der Waals surface area contributed by atoms with Gasteiger partial charge < -0.3 is 28.4 Å². The van der Waals surface area contributed by atoms with E-state index in [4.69, 9.17) is 28.4 Å². The summed E-state index contributed by atoms with van der Waals surface area (Å²) in [5.74, 6) is 0.527. The molecule has 13 atom stereocenters. The van der Waals surface area contributed by atoms with E-state index in [-0.39, 0.29) is 17.1 Å². The number of benzene rings is 3. The first kappa shape index (κ1) is 37.5. The molecule has 0 N–H and O–H groups in total. The van der Waals surface area contributed by atoms with Crippen LogP contribution in [-0.4, -0.2) is 66.9 Å². The molecule has 4 saturated carbocycles. The molecule has 9 heteroatoms. The Morgan fingerprint density at radius 1 is 0.607 bits per heavy atom. The van der Waals surface area contributed by atoms with Crippen LogP contribution in [0.5, 0.6) is 0 Å². The molecule has 2 bridgehead atoms. The maximum Gasteiger partial charge on any atom is 0.338 e. The standard InChI is InChI=1S/C47H54O9/c1-29-38(54-41(48)30-13-7-4-8-14-30)39(55-42(49)31-15-9-5-10-16-31)40(56-43(50)32-17-11-6-12-18-32)44(52-29)53-35-22-24-45(2)33(27-35)19-20-37-36(45)23-25-46(3)34-21-26-47(37,46)51-28-34/h4-18,29,33-40,44H,19-28H2,1-3H3/t29-,33+,34+,35-,36-,37+,38-,39+,40+,44-,45-,46+,47-/m0/s1. The van der Waals surface area contributed by atoms with E-state index in [2.05, 4.69) is 13.8 Å². The minimum Gasteiger partial charge on any atom is -0.452 e. The molecule has 56 heavy (non-hydrogen) atoms. The number of carbonyl (C=O) groups excluding carboxylic acids is 3. The lowest BCUT2D eigenvalue weighted by Crippen LogP contribution is -2.63. The van der Waals surface area contributed by atoms with E-state index in [9.17, 15) is 14.4 Å². The van der Waals surface area contributed by atoms with Crippen molar-refractivity contribution in [2.75, 3.05) is 6.61 Å². The van der Waals surface area contributed by atoms with Crippen molar-refractivity contribution >= 4 is 17.9 Å². The maximum atomic E-state index is 13.8. The van der Waals surface area contributed by atoms with Crippen LogP contribution in [0.3, 0.4) is 0 Å². The second-order valence-corrected chi connectivity index (χ2v) is 17.8. The smallest absolute Gasteiger partial charge is 0.338 e. The quantitative estimate of drug-likeness (QED) is 0.127. The topological polar surface area (TPSA) is 107 Å². The summed E-state index contributed by atoms with van der Waals surface area (Å²) in [7, 11) is 0. The van der Waals surface area contributed by atoms with E-state index in [0.717, 1.165) is 32.3 Å². The molecule has 3 aromatic rings. The Morgan fingerprint density at radius 2 is 1.18 bits per heavy atom. The zero-order valence-electron chi connectivity index (χ0n) is 32.7. The number of hydrogen-bond acceptors (Lipinski definition) is 9. The fourth-order valence-corrected chi connectivity index (χ4v) is 12.2. The highest BCUT2D eigenvalue weighted by Crippen LogP contribution is 2.72. The predicted molar refractivity (Wildman–Crippen MR) is 207 cm³/mol. The van der Waals surface area contributed by atoms with Crippen molar-refractivity contribution in [3.63, 3.8) is 0 Å². The van der Waals surface area contributed by atoms with Gasteiger partial charge in [0, 0.05) is 5.41 Å². The Morgan fingerprint density at radius 3 is 1.75 bits per heavy atom.